The number of ether oxygens (including phenoxy) is 1. The van der Waals surface area contributed by atoms with Crippen LogP contribution in [-0.4, -0.2) is 23.4 Å². The van der Waals surface area contributed by atoms with Gasteiger partial charge in [0.25, 0.3) is 0 Å². The predicted molar refractivity (Wildman–Crippen MR) is 73.6 cm³/mol. The fraction of sp³-hybridized carbons (Fsp3) is 0.250. The lowest BCUT2D eigenvalue weighted by Gasteiger charge is -2.06. The van der Waals surface area contributed by atoms with E-state index in [1.807, 2.05) is 4.57 Å². The number of esters is 1. The molecule has 2 aromatic rings. The molecule has 0 unspecified atom stereocenters. The maximum atomic E-state index is 12.9. The van der Waals surface area contributed by atoms with Crippen LogP contribution in [0.2, 0.25) is 0 Å². The van der Waals surface area contributed by atoms with E-state index in [1.54, 1.807) is 12.1 Å². The third kappa shape index (κ3) is 2.24. The summed E-state index contributed by atoms with van der Waals surface area (Å²) in [5, 5.41) is 0. The number of hydrogen-bond acceptors (Lipinski definition) is 3. The fourth-order valence-electron chi connectivity index (χ4n) is 2.77. The number of benzene rings is 1. The van der Waals surface area contributed by atoms with Gasteiger partial charge in [0, 0.05) is 17.8 Å². The van der Waals surface area contributed by atoms with Crippen molar-refractivity contribution in [3.8, 4) is 0 Å². The van der Waals surface area contributed by atoms with Crippen LogP contribution < -0.4 is 0 Å². The summed E-state index contributed by atoms with van der Waals surface area (Å²) in [5.41, 5.74) is 1.74. The Hall–Kier alpha value is -2.43. The SMILES string of the molecule is COC(=O)[C@H]1CCn2c(C(=O)c3ccc(F)cc3)ccc21. The minimum Gasteiger partial charge on any atom is -0.469 e. The zero-order valence-electron chi connectivity index (χ0n) is 11.5. The van der Waals surface area contributed by atoms with Crippen LogP contribution in [-0.2, 0) is 16.1 Å². The third-order valence-corrected chi connectivity index (χ3v) is 3.84. The number of nitrogens with zero attached hydrogens (tertiary/aromatic N) is 1. The molecule has 0 saturated carbocycles. The number of carbonyl (C=O) groups excluding carboxylic acids is 2. The van der Waals surface area contributed by atoms with Gasteiger partial charge in [-0.15, -0.1) is 0 Å². The van der Waals surface area contributed by atoms with Gasteiger partial charge in [-0.2, -0.15) is 0 Å². The highest BCUT2D eigenvalue weighted by molar-refractivity contribution is 6.08. The van der Waals surface area contributed by atoms with Gasteiger partial charge in [-0.3, -0.25) is 9.59 Å². The zero-order chi connectivity index (χ0) is 15.0. The summed E-state index contributed by atoms with van der Waals surface area (Å²) in [6.45, 7) is 0.602. The second-order valence-corrected chi connectivity index (χ2v) is 5.00. The van der Waals surface area contributed by atoms with E-state index in [0.29, 0.717) is 24.2 Å². The molecule has 0 amide bonds. The van der Waals surface area contributed by atoms with Gasteiger partial charge >= 0.3 is 5.97 Å². The molecule has 0 N–H and O–H groups in total. The van der Waals surface area contributed by atoms with Gasteiger partial charge < -0.3 is 9.30 Å². The van der Waals surface area contributed by atoms with Gasteiger partial charge in [0.05, 0.1) is 18.7 Å². The third-order valence-electron chi connectivity index (χ3n) is 3.84. The maximum absolute atomic E-state index is 12.9. The number of ketones is 1. The molecule has 108 valence electrons. The molecule has 0 spiro atoms. The molecule has 1 aromatic heterocycles. The van der Waals surface area contributed by atoms with Gasteiger partial charge in [0.1, 0.15) is 5.82 Å². The molecular weight excluding hydrogens is 273 g/mol. The number of rotatable bonds is 3. The lowest BCUT2D eigenvalue weighted by atomic mass is 10.1. The highest BCUT2D eigenvalue weighted by Gasteiger charge is 2.32. The van der Waals surface area contributed by atoms with Crippen LogP contribution in [0.5, 0.6) is 0 Å². The molecule has 5 heteroatoms. The molecule has 1 atom stereocenters. The van der Waals surface area contributed by atoms with Crippen molar-refractivity contribution in [3.63, 3.8) is 0 Å². The highest BCUT2D eigenvalue weighted by Crippen LogP contribution is 2.32. The van der Waals surface area contributed by atoms with E-state index in [2.05, 4.69) is 0 Å². The van der Waals surface area contributed by atoms with Crippen molar-refractivity contribution >= 4 is 11.8 Å². The number of hydrogen-bond donors (Lipinski definition) is 0. The van der Waals surface area contributed by atoms with Crippen LogP contribution in [0.1, 0.15) is 34.1 Å². The molecule has 0 bridgehead atoms. The summed E-state index contributed by atoms with van der Waals surface area (Å²) in [4.78, 5) is 24.2. The Balaban J connectivity index is 1.93. The summed E-state index contributed by atoms with van der Waals surface area (Å²) >= 11 is 0. The quantitative estimate of drug-likeness (QED) is 0.644. The lowest BCUT2D eigenvalue weighted by molar-refractivity contribution is -0.142. The van der Waals surface area contributed by atoms with Gasteiger partial charge in [-0.1, -0.05) is 0 Å². The van der Waals surface area contributed by atoms with E-state index >= 15 is 0 Å². The van der Waals surface area contributed by atoms with Crippen LogP contribution in [0.4, 0.5) is 4.39 Å². The minimum atomic E-state index is -0.377. The molecule has 1 aliphatic rings. The van der Waals surface area contributed by atoms with Crippen molar-refractivity contribution in [1.29, 1.82) is 0 Å². The average molecular weight is 287 g/mol. The number of aromatic nitrogens is 1. The Morgan fingerprint density at radius 2 is 1.90 bits per heavy atom. The Morgan fingerprint density at radius 1 is 1.19 bits per heavy atom. The maximum Gasteiger partial charge on any atom is 0.314 e. The van der Waals surface area contributed by atoms with Crippen molar-refractivity contribution < 1.29 is 18.7 Å². The van der Waals surface area contributed by atoms with Crippen molar-refractivity contribution in [2.75, 3.05) is 7.11 Å². The molecule has 0 aliphatic carbocycles. The smallest absolute Gasteiger partial charge is 0.314 e. The molecule has 1 aliphatic heterocycles. The van der Waals surface area contributed by atoms with E-state index < -0.39 is 0 Å². The average Bonchev–Trinajstić information content (AvgIpc) is 3.08. The van der Waals surface area contributed by atoms with E-state index in [4.69, 9.17) is 4.74 Å². The van der Waals surface area contributed by atoms with Crippen LogP contribution in [0, 0.1) is 5.82 Å². The van der Waals surface area contributed by atoms with Crippen LogP contribution in [0.3, 0.4) is 0 Å². The topological polar surface area (TPSA) is 48.3 Å². The molecule has 3 rings (SSSR count). The fourth-order valence-corrected chi connectivity index (χ4v) is 2.77. The summed E-state index contributed by atoms with van der Waals surface area (Å²) in [5.74, 6) is -1.15. The predicted octanol–water partition coefficient (Wildman–Crippen LogP) is 2.52. The Morgan fingerprint density at radius 3 is 2.57 bits per heavy atom. The summed E-state index contributed by atoms with van der Waals surface area (Å²) in [6.07, 6.45) is 0.631. The van der Waals surface area contributed by atoms with Crippen molar-refractivity contribution in [2.45, 2.75) is 18.9 Å². The van der Waals surface area contributed by atoms with Crippen LogP contribution in [0.15, 0.2) is 36.4 Å². The Bertz CT molecular complexity index is 703. The van der Waals surface area contributed by atoms with Crippen LogP contribution >= 0.6 is 0 Å². The van der Waals surface area contributed by atoms with E-state index in [1.165, 1.54) is 31.4 Å². The zero-order valence-corrected chi connectivity index (χ0v) is 11.5. The molecule has 0 radical (unpaired) electrons. The number of halogens is 1. The lowest BCUT2D eigenvalue weighted by Crippen LogP contribution is -2.11. The minimum absolute atomic E-state index is 0.174. The Labute approximate surface area is 121 Å². The molecule has 2 heterocycles. The van der Waals surface area contributed by atoms with E-state index in [9.17, 15) is 14.0 Å². The molecule has 1 aromatic carbocycles. The highest BCUT2D eigenvalue weighted by atomic mass is 19.1. The number of carbonyl (C=O) groups is 2. The van der Waals surface area contributed by atoms with Gasteiger partial charge in [0.2, 0.25) is 5.78 Å². The largest absolute Gasteiger partial charge is 0.469 e. The molecule has 0 fully saturated rings. The number of fused-ring (bicyclic) bond motifs is 1. The summed E-state index contributed by atoms with van der Waals surface area (Å²) in [6, 6.07) is 8.94. The first kappa shape index (κ1) is 13.5. The normalized spacial score (nSPS) is 16.6. The molecular formula is C16H14FNO3. The first-order chi connectivity index (χ1) is 10.1. The first-order valence-electron chi connectivity index (χ1n) is 6.69. The van der Waals surface area contributed by atoms with Crippen LogP contribution in [0.25, 0.3) is 0 Å². The second-order valence-electron chi connectivity index (χ2n) is 5.00. The van der Waals surface area contributed by atoms with Gasteiger partial charge in [0.15, 0.2) is 0 Å². The summed E-state index contributed by atoms with van der Waals surface area (Å²) in [7, 11) is 1.36. The number of methoxy groups -OCH3 is 1. The molecule has 4 nitrogen and oxygen atoms in total. The van der Waals surface area contributed by atoms with E-state index in [-0.39, 0.29) is 23.5 Å². The Kier molecular flexibility index (Phi) is 3.33. The monoisotopic (exact) mass is 287 g/mol. The standard InChI is InChI=1S/C16H14FNO3/c1-21-16(20)12-8-9-18-13(12)6-7-14(18)15(19)10-2-4-11(17)5-3-10/h2-7,12H,8-9H2,1H3/t12-/m0/s1. The van der Waals surface area contributed by atoms with Gasteiger partial charge in [-0.05, 0) is 42.8 Å². The molecule has 21 heavy (non-hydrogen) atoms. The molecule has 0 saturated heterocycles. The van der Waals surface area contributed by atoms with Crippen molar-refractivity contribution in [3.05, 3.63) is 59.2 Å². The summed E-state index contributed by atoms with van der Waals surface area (Å²) < 4.78 is 19.5. The van der Waals surface area contributed by atoms with Crippen molar-refractivity contribution in [1.82, 2.24) is 4.57 Å². The first-order valence-corrected chi connectivity index (χ1v) is 6.69. The van der Waals surface area contributed by atoms with E-state index in [0.717, 1.165) is 5.69 Å². The van der Waals surface area contributed by atoms with Gasteiger partial charge in [-0.25, -0.2) is 4.39 Å². The van der Waals surface area contributed by atoms with Crippen molar-refractivity contribution in [2.24, 2.45) is 0 Å². The second kappa shape index (κ2) is 5.16.